The van der Waals surface area contributed by atoms with Crippen molar-refractivity contribution in [3.05, 3.63) is 35.9 Å². The van der Waals surface area contributed by atoms with Gasteiger partial charge in [-0.05, 0) is 12.1 Å². The fraction of sp³-hybridized carbons (Fsp3) is 0.364. The second-order valence-corrected chi connectivity index (χ2v) is 3.64. The first-order valence-corrected chi connectivity index (χ1v) is 5.51. The third-order valence-corrected chi connectivity index (χ3v) is 2.35. The van der Waals surface area contributed by atoms with Crippen molar-refractivity contribution in [1.82, 2.24) is 5.01 Å². The Morgan fingerprint density at radius 1 is 1.33 bits per heavy atom. The number of rotatable bonds is 3. The summed E-state index contributed by atoms with van der Waals surface area (Å²) in [6.45, 7) is 2.24. The summed E-state index contributed by atoms with van der Waals surface area (Å²) in [6, 6.07) is 9.90. The average molecular weight is 225 g/mol. The zero-order valence-electron chi connectivity index (χ0n) is 8.40. The molecule has 4 heteroatoms. The van der Waals surface area contributed by atoms with Crippen LogP contribution in [-0.2, 0) is 4.74 Å². The molecule has 0 aliphatic carbocycles. The summed E-state index contributed by atoms with van der Waals surface area (Å²) in [6.07, 6.45) is 0. The number of benzene rings is 1. The van der Waals surface area contributed by atoms with Gasteiger partial charge < -0.3 is 4.74 Å². The van der Waals surface area contributed by atoms with Gasteiger partial charge in [0, 0.05) is 18.0 Å². The van der Waals surface area contributed by atoms with E-state index in [-0.39, 0.29) is 0 Å². The molecule has 0 saturated carbocycles. The van der Waals surface area contributed by atoms with Gasteiger partial charge in [-0.25, -0.2) is 0 Å². The predicted molar refractivity (Wildman–Crippen MR) is 61.2 cm³/mol. The van der Waals surface area contributed by atoms with Crippen molar-refractivity contribution >= 4 is 17.5 Å². The zero-order chi connectivity index (χ0) is 10.5. The van der Waals surface area contributed by atoms with Gasteiger partial charge in [-0.1, -0.05) is 18.2 Å². The van der Waals surface area contributed by atoms with Gasteiger partial charge in [0.25, 0.3) is 0 Å². The van der Waals surface area contributed by atoms with Crippen molar-refractivity contribution in [1.29, 1.82) is 0 Å². The minimum Gasteiger partial charge on any atom is -0.474 e. The van der Waals surface area contributed by atoms with E-state index in [1.807, 2.05) is 35.3 Å². The van der Waals surface area contributed by atoms with Crippen LogP contribution >= 0.6 is 11.6 Å². The Bertz CT molecular complexity index is 340. The van der Waals surface area contributed by atoms with E-state index >= 15 is 0 Å². The fourth-order valence-corrected chi connectivity index (χ4v) is 1.63. The molecule has 0 atom stereocenters. The molecule has 15 heavy (non-hydrogen) atoms. The number of nitrogens with zero attached hydrogens (tertiary/aromatic N) is 2. The zero-order valence-corrected chi connectivity index (χ0v) is 9.15. The highest BCUT2D eigenvalue weighted by Gasteiger charge is 2.13. The normalized spacial score (nSPS) is 15.8. The van der Waals surface area contributed by atoms with Gasteiger partial charge in [0.1, 0.15) is 6.61 Å². The number of hydrazone groups is 1. The van der Waals surface area contributed by atoms with E-state index in [4.69, 9.17) is 16.3 Å². The highest BCUT2D eigenvalue weighted by molar-refractivity contribution is 6.18. The molecule has 0 fully saturated rings. The van der Waals surface area contributed by atoms with Crippen molar-refractivity contribution in [2.75, 3.05) is 25.6 Å². The van der Waals surface area contributed by atoms with Crippen LogP contribution in [0.5, 0.6) is 0 Å². The molecule has 0 spiro atoms. The summed E-state index contributed by atoms with van der Waals surface area (Å²) in [5, 5.41) is 6.33. The lowest BCUT2D eigenvalue weighted by molar-refractivity contribution is 0.174. The molecule has 0 N–H and O–H groups in total. The summed E-state index contributed by atoms with van der Waals surface area (Å²) in [4.78, 5) is 0. The SMILES string of the molecule is ClCCN1CCOC(c2ccccc2)=N1. The first kappa shape index (κ1) is 10.3. The second kappa shape index (κ2) is 5.03. The van der Waals surface area contributed by atoms with E-state index in [0.29, 0.717) is 18.4 Å². The van der Waals surface area contributed by atoms with Crippen LogP contribution in [0.1, 0.15) is 5.56 Å². The molecular formula is C11H13ClN2O. The number of hydrogen-bond donors (Lipinski definition) is 0. The van der Waals surface area contributed by atoms with Crippen molar-refractivity contribution in [2.24, 2.45) is 5.10 Å². The quantitative estimate of drug-likeness (QED) is 0.733. The summed E-state index contributed by atoms with van der Waals surface area (Å²) in [7, 11) is 0. The van der Waals surface area contributed by atoms with E-state index in [1.54, 1.807) is 0 Å². The minimum absolute atomic E-state index is 0.589. The van der Waals surface area contributed by atoms with E-state index in [9.17, 15) is 0 Å². The van der Waals surface area contributed by atoms with Gasteiger partial charge in [-0.3, -0.25) is 5.01 Å². The van der Waals surface area contributed by atoms with E-state index < -0.39 is 0 Å². The molecule has 1 heterocycles. The largest absolute Gasteiger partial charge is 0.474 e. The molecule has 2 rings (SSSR count). The fourth-order valence-electron chi connectivity index (χ4n) is 1.44. The van der Waals surface area contributed by atoms with Crippen molar-refractivity contribution < 1.29 is 4.74 Å². The molecule has 1 aliphatic rings. The lowest BCUT2D eigenvalue weighted by atomic mass is 10.2. The Hall–Kier alpha value is -1.22. The van der Waals surface area contributed by atoms with Gasteiger partial charge in [-0.15, -0.1) is 16.7 Å². The predicted octanol–water partition coefficient (Wildman–Crippen LogP) is 1.92. The average Bonchev–Trinajstić information content (AvgIpc) is 2.31. The Morgan fingerprint density at radius 3 is 2.87 bits per heavy atom. The minimum atomic E-state index is 0.589. The molecule has 0 aromatic heterocycles. The first-order valence-electron chi connectivity index (χ1n) is 4.98. The van der Waals surface area contributed by atoms with E-state index in [0.717, 1.165) is 18.7 Å². The standard InChI is InChI=1S/C11H13ClN2O/c12-6-7-14-8-9-15-11(13-14)10-4-2-1-3-5-10/h1-5H,6-9H2. The third-order valence-electron chi connectivity index (χ3n) is 2.18. The number of halogens is 1. The van der Waals surface area contributed by atoms with Crippen molar-refractivity contribution in [3.63, 3.8) is 0 Å². The molecule has 0 amide bonds. The van der Waals surface area contributed by atoms with E-state index in [2.05, 4.69) is 5.10 Å². The van der Waals surface area contributed by atoms with Gasteiger partial charge in [0.2, 0.25) is 5.90 Å². The summed E-state index contributed by atoms with van der Waals surface area (Å²) >= 11 is 5.68. The van der Waals surface area contributed by atoms with Gasteiger partial charge in [0.05, 0.1) is 6.54 Å². The van der Waals surface area contributed by atoms with Crippen LogP contribution in [0.25, 0.3) is 0 Å². The smallest absolute Gasteiger partial charge is 0.238 e. The molecule has 0 radical (unpaired) electrons. The molecule has 3 nitrogen and oxygen atoms in total. The molecule has 1 aromatic rings. The lowest BCUT2D eigenvalue weighted by Gasteiger charge is -2.24. The lowest BCUT2D eigenvalue weighted by Crippen LogP contribution is -2.32. The van der Waals surface area contributed by atoms with Crippen molar-refractivity contribution in [2.45, 2.75) is 0 Å². The molecule has 0 saturated heterocycles. The Labute approximate surface area is 94.3 Å². The molecule has 1 aromatic carbocycles. The molecule has 1 aliphatic heterocycles. The summed E-state index contributed by atoms with van der Waals surface area (Å²) < 4.78 is 5.51. The van der Waals surface area contributed by atoms with Crippen LogP contribution in [0.3, 0.4) is 0 Å². The first-order chi connectivity index (χ1) is 7.40. The topological polar surface area (TPSA) is 24.8 Å². The van der Waals surface area contributed by atoms with Crippen LogP contribution in [0.15, 0.2) is 35.4 Å². The summed E-state index contributed by atoms with van der Waals surface area (Å²) in [5.41, 5.74) is 1.01. The van der Waals surface area contributed by atoms with Crippen LogP contribution < -0.4 is 0 Å². The maximum atomic E-state index is 5.68. The van der Waals surface area contributed by atoms with Crippen LogP contribution in [-0.4, -0.2) is 36.5 Å². The molecule has 0 unspecified atom stereocenters. The molecule has 80 valence electrons. The Kier molecular flexibility index (Phi) is 3.45. The van der Waals surface area contributed by atoms with Crippen LogP contribution in [0.4, 0.5) is 0 Å². The maximum absolute atomic E-state index is 5.68. The number of ether oxygens (including phenoxy) is 1. The second-order valence-electron chi connectivity index (χ2n) is 3.26. The maximum Gasteiger partial charge on any atom is 0.238 e. The number of alkyl halides is 1. The van der Waals surface area contributed by atoms with Gasteiger partial charge >= 0.3 is 0 Å². The summed E-state index contributed by atoms with van der Waals surface area (Å²) in [5.74, 6) is 1.28. The van der Waals surface area contributed by atoms with E-state index in [1.165, 1.54) is 0 Å². The highest BCUT2D eigenvalue weighted by atomic mass is 35.5. The van der Waals surface area contributed by atoms with Crippen molar-refractivity contribution in [3.8, 4) is 0 Å². The number of hydrogen-bond acceptors (Lipinski definition) is 3. The van der Waals surface area contributed by atoms with Gasteiger partial charge in [0.15, 0.2) is 0 Å². The molecule has 0 bridgehead atoms. The van der Waals surface area contributed by atoms with Crippen LogP contribution in [0.2, 0.25) is 0 Å². The highest BCUT2D eigenvalue weighted by Crippen LogP contribution is 2.08. The third kappa shape index (κ3) is 2.63. The monoisotopic (exact) mass is 224 g/mol. The van der Waals surface area contributed by atoms with Gasteiger partial charge in [-0.2, -0.15) is 0 Å². The Balaban J connectivity index is 2.15. The molecular weight excluding hydrogens is 212 g/mol. The van der Waals surface area contributed by atoms with Crippen LogP contribution in [0, 0.1) is 0 Å². The Morgan fingerprint density at radius 2 is 2.13 bits per heavy atom.